The van der Waals surface area contributed by atoms with Crippen molar-refractivity contribution in [1.29, 1.82) is 0 Å². The average molecular weight is 340 g/mol. The second-order valence-corrected chi connectivity index (χ2v) is 6.21. The van der Waals surface area contributed by atoms with Gasteiger partial charge in [-0.3, -0.25) is 9.69 Å². The van der Waals surface area contributed by atoms with Crippen molar-refractivity contribution in [2.24, 2.45) is 0 Å². The van der Waals surface area contributed by atoms with Gasteiger partial charge >= 0.3 is 0 Å². The number of nitrogens with two attached hydrogens (primary N) is 1. The van der Waals surface area contributed by atoms with E-state index in [1.165, 1.54) is 23.6 Å². The smallest absolute Gasteiger partial charge is 0.273 e. The maximum absolute atomic E-state index is 12.1. The molecule has 3 rings (SSSR count). The Hall–Kier alpha value is -2.67. The van der Waals surface area contributed by atoms with Crippen LogP contribution in [0.5, 0.6) is 0 Å². The van der Waals surface area contributed by atoms with E-state index in [4.69, 9.17) is 5.73 Å². The Morgan fingerprint density at radius 3 is 2.68 bits per heavy atom. The highest BCUT2D eigenvalue weighted by Crippen LogP contribution is 2.17. The molecule has 1 aliphatic heterocycles. The summed E-state index contributed by atoms with van der Waals surface area (Å²) in [6, 6.07) is 8.60. The lowest BCUT2D eigenvalue weighted by atomic mass is 10.2. The van der Waals surface area contributed by atoms with Gasteiger partial charge in [0, 0.05) is 57.3 Å². The third-order valence-electron chi connectivity index (χ3n) is 4.39. The predicted octanol–water partition coefficient (Wildman–Crippen LogP) is 0.919. The van der Waals surface area contributed by atoms with E-state index in [9.17, 15) is 4.79 Å². The van der Waals surface area contributed by atoms with Crippen molar-refractivity contribution in [3.8, 4) is 0 Å². The minimum Gasteiger partial charge on any atom is -0.382 e. The number of aromatic nitrogens is 2. The van der Waals surface area contributed by atoms with Crippen LogP contribution in [0.1, 0.15) is 16.1 Å². The van der Waals surface area contributed by atoms with Gasteiger partial charge in [-0.25, -0.2) is 9.97 Å². The Balaban J connectivity index is 1.42. The van der Waals surface area contributed by atoms with Gasteiger partial charge in [0.25, 0.3) is 5.91 Å². The summed E-state index contributed by atoms with van der Waals surface area (Å²) in [5.41, 5.74) is 8.42. The zero-order valence-corrected chi connectivity index (χ0v) is 14.5. The maximum atomic E-state index is 12.1. The number of rotatable bonds is 5. The standard InChI is InChI=1S/C18H24N6O/c1-14-3-2-4-15(13-14)24-11-9-23(10-12-24)8-7-22-18(25)16-17(19)21-6-5-20-16/h2-6,13H,7-12H2,1H3,(H2,19,21)(H,22,25). The summed E-state index contributed by atoms with van der Waals surface area (Å²) in [5.74, 6) is -0.115. The number of piperazine rings is 1. The summed E-state index contributed by atoms with van der Waals surface area (Å²) in [6.07, 6.45) is 2.94. The topological polar surface area (TPSA) is 87.4 Å². The molecule has 0 saturated carbocycles. The summed E-state index contributed by atoms with van der Waals surface area (Å²) in [4.78, 5) is 24.7. The summed E-state index contributed by atoms with van der Waals surface area (Å²) in [7, 11) is 0. The summed E-state index contributed by atoms with van der Waals surface area (Å²) in [5, 5.41) is 2.86. The highest BCUT2D eigenvalue weighted by Gasteiger charge is 2.17. The average Bonchev–Trinajstić information content (AvgIpc) is 2.62. The van der Waals surface area contributed by atoms with Gasteiger partial charge in [-0.2, -0.15) is 0 Å². The van der Waals surface area contributed by atoms with Crippen molar-refractivity contribution in [3.05, 3.63) is 47.9 Å². The number of hydrogen-bond donors (Lipinski definition) is 2. The Morgan fingerprint density at radius 1 is 1.20 bits per heavy atom. The molecular weight excluding hydrogens is 316 g/mol. The van der Waals surface area contributed by atoms with Crippen molar-refractivity contribution >= 4 is 17.4 Å². The van der Waals surface area contributed by atoms with Crippen LogP contribution in [0, 0.1) is 6.92 Å². The molecule has 0 unspecified atom stereocenters. The largest absolute Gasteiger partial charge is 0.382 e. The van der Waals surface area contributed by atoms with E-state index in [0.717, 1.165) is 32.7 Å². The van der Waals surface area contributed by atoms with E-state index < -0.39 is 0 Å². The highest BCUT2D eigenvalue weighted by atomic mass is 16.1. The molecule has 2 aromatic rings. The molecular formula is C18H24N6O. The molecule has 1 aromatic carbocycles. The number of nitrogen functional groups attached to an aromatic ring is 1. The van der Waals surface area contributed by atoms with E-state index in [1.807, 2.05) is 0 Å². The Bertz CT molecular complexity index is 727. The minimum absolute atomic E-state index is 0.159. The number of benzene rings is 1. The van der Waals surface area contributed by atoms with Gasteiger partial charge < -0.3 is 16.0 Å². The Morgan fingerprint density at radius 2 is 1.96 bits per heavy atom. The quantitative estimate of drug-likeness (QED) is 0.842. The molecule has 0 atom stereocenters. The number of carbonyl (C=O) groups is 1. The molecule has 0 radical (unpaired) electrons. The fourth-order valence-corrected chi connectivity index (χ4v) is 2.99. The lowest BCUT2D eigenvalue weighted by Crippen LogP contribution is -2.48. The Labute approximate surface area is 147 Å². The summed E-state index contributed by atoms with van der Waals surface area (Å²) < 4.78 is 0. The molecule has 1 amide bonds. The number of aryl methyl sites for hydroxylation is 1. The van der Waals surface area contributed by atoms with Gasteiger partial charge in [0.2, 0.25) is 0 Å². The number of anilines is 2. The molecule has 1 saturated heterocycles. The van der Waals surface area contributed by atoms with Crippen LogP contribution in [0.25, 0.3) is 0 Å². The monoisotopic (exact) mass is 340 g/mol. The van der Waals surface area contributed by atoms with Crippen molar-refractivity contribution < 1.29 is 4.79 Å². The zero-order valence-electron chi connectivity index (χ0n) is 14.5. The third-order valence-corrected chi connectivity index (χ3v) is 4.39. The maximum Gasteiger partial charge on any atom is 0.273 e. The van der Waals surface area contributed by atoms with E-state index in [0.29, 0.717) is 6.54 Å². The molecule has 25 heavy (non-hydrogen) atoms. The molecule has 7 heteroatoms. The van der Waals surface area contributed by atoms with Crippen molar-refractivity contribution in [2.75, 3.05) is 49.9 Å². The van der Waals surface area contributed by atoms with Gasteiger partial charge in [0.05, 0.1) is 0 Å². The third kappa shape index (κ3) is 4.45. The van der Waals surface area contributed by atoms with Crippen LogP contribution in [-0.2, 0) is 0 Å². The first kappa shape index (κ1) is 17.2. The first-order chi connectivity index (χ1) is 12.1. The highest BCUT2D eigenvalue weighted by molar-refractivity contribution is 5.96. The summed E-state index contributed by atoms with van der Waals surface area (Å²) in [6.45, 7) is 7.45. The summed E-state index contributed by atoms with van der Waals surface area (Å²) >= 11 is 0. The van der Waals surface area contributed by atoms with Crippen molar-refractivity contribution in [3.63, 3.8) is 0 Å². The van der Waals surface area contributed by atoms with Crippen LogP contribution in [0.2, 0.25) is 0 Å². The van der Waals surface area contributed by atoms with Gasteiger partial charge in [0.1, 0.15) is 0 Å². The molecule has 3 N–H and O–H groups in total. The number of nitrogens with one attached hydrogen (secondary N) is 1. The van der Waals surface area contributed by atoms with Crippen molar-refractivity contribution in [2.45, 2.75) is 6.92 Å². The number of nitrogens with zero attached hydrogens (tertiary/aromatic N) is 4. The molecule has 1 fully saturated rings. The van der Waals surface area contributed by atoms with E-state index in [-0.39, 0.29) is 17.4 Å². The first-order valence-corrected chi connectivity index (χ1v) is 8.52. The molecule has 0 bridgehead atoms. The van der Waals surface area contributed by atoms with Crippen molar-refractivity contribution in [1.82, 2.24) is 20.2 Å². The van der Waals surface area contributed by atoms with Crippen LogP contribution in [0.4, 0.5) is 11.5 Å². The molecule has 7 nitrogen and oxygen atoms in total. The zero-order chi connectivity index (χ0) is 17.6. The van der Waals surface area contributed by atoms with Gasteiger partial charge in [0.15, 0.2) is 11.5 Å². The SMILES string of the molecule is Cc1cccc(N2CCN(CCNC(=O)c3nccnc3N)CC2)c1. The Kier molecular flexibility index (Phi) is 5.45. The lowest BCUT2D eigenvalue weighted by molar-refractivity contribution is 0.0943. The minimum atomic E-state index is -0.274. The molecule has 1 aromatic heterocycles. The fraction of sp³-hybridized carbons (Fsp3) is 0.389. The second-order valence-electron chi connectivity index (χ2n) is 6.21. The van der Waals surface area contributed by atoms with Gasteiger partial charge in [-0.15, -0.1) is 0 Å². The molecule has 0 spiro atoms. The fourth-order valence-electron chi connectivity index (χ4n) is 2.99. The second kappa shape index (κ2) is 7.94. The molecule has 1 aliphatic rings. The number of carbonyl (C=O) groups excluding carboxylic acids is 1. The van der Waals surface area contributed by atoms with Crippen LogP contribution in [0.3, 0.4) is 0 Å². The van der Waals surface area contributed by atoms with Crippen LogP contribution in [0.15, 0.2) is 36.7 Å². The van der Waals surface area contributed by atoms with Crippen LogP contribution < -0.4 is 16.0 Å². The van der Waals surface area contributed by atoms with E-state index >= 15 is 0 Å². The van der Waals surface area contributed by atoms with Gasteiger partial charge in [-0.1, -0.05) is 12.1 Å². The first-order valence-electron chi connectivity index (χ1n) is 8.52. The van der Waals surface area contributed by atoms with E-state index in [1.54, 1.807) is 0 Å². The number of hydrogen-bond acceptors (Lipinski definition) is 6. The molecule has 0 aliphatic carbocycles. The predicted molar refractivity (Wildman–Crippen MR) is 98.6 cm³/mol. The molecule has 2 heterocycles. The number of amides is 1. The van der Waals surface area contributed by atoms with Crippen LogP contribution in [-0.4, -0.2) is 60.0 Å². The molecule has 132 valence electrons. The van der Waals surface area contributed by atoms with Gasteiger partial charge in [-0.05, 0) is 24.6 Å². The van der Waals surface area contributed by atoms with E-state index in [2.05, 4.69) is 56.3 Å². The normalized spacial score (nSPS) is 15.2. The van der Waals surface area contributed by atoms with Crippen LogP contribution >= 0.6 is 0 Å². The lowest BCUT2D eigenvalue weighted by Gasteiger charge is -2.36.